The van der Waals surface area contributed by atoms with E-state index in [9.17, 15) is 9.59 Å². The van der Waals surface area contributed by atoms with Gasteiger partial charge in [-0.1, -0.05) is 176 Å². The van der Waals surface area contributed by atoms with Gasteiger partial charge in [-0.2, -0.15) is 0 Å². The number of carbonyl (C=O) groups excluding carboxylic acids is 2. The SMILES string of the molecule is CC.CC.CC(=O)[C@@H](Cc1ccccc1)CN1CC[C@@](C)(c2cccc(C)c2)[C@@H](C)C1.CC(=O)[C@@H](Cc1ccccc1)CN1CC[C@@](C)(c2cccc(C)c2)[C@@H](C)C1. The van der Waals surface area contributed by atoms with Gasteiger partial charge in [0.1, 0.15) is 11.6 Å². The van der Waals surface area contributed by atoms with E-state index in [1.165, 1.54) is 33.4 Å². The summed E-state index contributed by atoms with van der Waals surface area (Å²) in [5.41, 5.74) is 8.54. The van der Waals surface area contributed by atoms with Crippen molar-refractivity contribution in [2.45, 2.75) is 120 Å². The molecule has 0 amide bonds. The van der Waals surface area contributed by atoms with Crippen LogP contribution in [0, 0.1) is 37.5 Å². The van der Waals surface area contributed by atoms with Gasteiger partial charge in [0.2, 0.25) is 0 Å². The van der Waals surface area contributed by atoms with Gasteiger partial charge in [-0.3, -0.25) is 9.59 Å². The molecule has 316 valence electrons. The molecule has 2 aliphatic heterocycles. The monoisotopic (exact) mass is 787 g/mol. The molecular formula is C54H78N2O2. The first-order chi connectivity index (χ1) is 27.8. The van der Waals surface area contributed by atoms with Gasteiger partial charge in [-0.25, -0.2) is 0 Å². The van der Waals surface area contributed by atoms with Crippen LogP contribution in [0.1, 0.15) is 115 Å². The maximum absolute atomic E-state index is 12.3. The largest absolute Gasteiger partial charge is 0.302 e. The average molecular weight is 787 g/mol. The number of benzene rings is 4. The zero-order valence-corrected chi connectivity index (χ0v) is 38.5. The Labute approximate surface area is 354 Å². The second-order valence-electron chi connectivity index (χ2n) is 17.4. The number of piperidine rings is 2. The number of aryl methyl sites for hydroxylation is 2. The lowest BCUT2D eigenvalue weighted by Crippen LogP contribution is -2.49. The van der Waals surface area contributed by atoms with Crippen LogP contribution in [0.5, 0.6) is 0 Å². The molecule has 0 bridgehead atoms. The van der Waals surface area contributed by atoms with Gasteiger partial charge >= 0.3 is 0 Å². The summed E-state index contributed by atoms with van der Waals surface area (Å²) in [6, 6.07) is 38.8. The summed E-state index contributed by atoms with van der Waals surface area (Å²) in [7, 11) is 0. The molecule has 2 saturated heterocycles. The van der Waals surface area contributed by atoms with Gasteiger partial charge in [-0.15, -0.1) is 0 Å². The second-order valence-corrected chi connectivity index (χ2v) is 17.4. The van der Waals surface area contributed by atoms with Crippen molar-refractivity contribution in [1.29, 1.82) is 0 Å². The summed E-state index contributed by atoms with van der Waals surface area (Å²) >= 11 is 0. The van der Waals surface area contributed by atoms with Gasteiger partial charge < -0.3 is 9.80 Å². The normalized spacial score (nSPS) is 23.0. The maximum Gasteiger partial charge on any atom is 0.134 e. The van der Waals surface area contributed by atoms with Crippen LogP contribution in [0.15, 0.2) is 109 Å². The molecule has 0 N–H and O–H groups in total. The minimum atomic E-state index is 0.0860. The van der Waals surface area contributed by atoms with Gasteiger partial charge in [0.15, 0.2) is 0 Å². The Morgan fingerprint density at radius 3 is 1.21 bits per heavy atom. The highest BCUT2D eigenvalue weighted by Gasteiger charge is 2.40. The van der Waals surface area contributed by atoms with Crippen LogP contribution >= 0.6 is 0 Å². The van der Waals surface area contributed by atoms with Crippen LogP contribution < -0.4 is 0 Å². The summed E-state index contributed by atoms with van der Waals surface area (Å²) in [4.78, 5) is 29.5. The fraction of sp³-hybridized carbons (Fsp3) is 0.519. The number of nitrogens with zero attached hydrogens (tertiary/aromatic N) is 2. The second kappa shape index (κ2) is 23.7. The fourth-order valence-electron chi connectivity index (χ4n) is 8.92. The maximum atomic E-state index is 12.3. The van der Waals surface area contributed by atoms with E-state index in [4.69, 9.17) is 0 Å². The third-order valence-corrected chi connectivity index (χ3v) is 13.2. The molecule has 2 heterocycles. The Balaban J connectivity index is 0.000000286. The van der Waals surface area contributed by atoms with Crippen molar-refractivity contribution >= 4 is 11.6 Å². The number of likely N-dealkylation sites (tertiary alicyclic amines) is 2. The summed E-state index contributed by atoms with van der Waals surface area (Å²) in [5, 5.41) is 0. The summed E-state index contributed by atoms with van der Waals surface area (Å²) in [6.07, 6.45) is 3.98. The van der Waals surface area contributed by atoms with Crippen LogP contribution in [0.2, 0.25) is 0 Å². The minimum Gasteiger partial charge on any atom is -0.302 e. The molecule has 4 aromatic carbocycles. The Bertz CT molecular complexity index is 1670. The zero-order valence-electron chi connectivity index (χ0n) is 38.5. The highest BCUT2D eigenvalue weighted by atomic mass is 16.1. The van der Waals surface area contributed by atoms with Gasteiger partial charge in [0, 0.05) is 38.0 Å². The van der Waals surface area contributed by atoms with Gasteiger partial charge in [0.05, 0.1) is 0 Å². The number of carbonyl (C=O) groups is 2. The Kier molecular flexibility index (Phi) is 19.8. The van der Waals surface area contributed by atoms with Crippen molar-refractivity contribution in [3.63, 3.8) is 0 Å². The van der Waals surface area contributed by atoms with Crippen molar-refractivity contribution in [2.75, 3.05) is 39.3 Å². The summed E-state index contributed by atoms with van der Waals surface area (Å²) in [5.74, 6) is 1.91. The lowest BCUT2D eigenvalue weighted by molar-refractivity contribution is -0.122. The van der Waals surface area contributed by atoms with Crippen LogP contribution in [-0.2, 0) is 33.3 Å². The van der Waals surface area contributed by atoms with Crippen molar-refractivity contribution in [2.24, 2.45) is 23.7 Å². The number of Topliss-reactive ketones (excluding diaryl/α,β-unsaturated/α-hetero) is 2. The molecule has 2 aliphatic rings. The number of ketones is 2. The molecule has 0 saturated carbocycles. The standard InChI is InChI=1S/2C25H33NO.2C2H6/c2*1-19-9-8-12-24(15-19)25(4)13-14-26(17-20(25)2)18-23(21(3)27)16-22-10-6-5-7-11-22;2*1-2/h2*5-12,15,20,23H,13-14,16-18H2,1-4H3;2*1-2H3/t2*20-,23-,25+;;/m00../s1. The molecule has 0 aliphatic carbocycles. The van der Waals surface area contributed by atoms with Crippen molar-refractivity contribution in [3.8, 4) is 0 Å². The number of hydrogen-bond donors (Lipinski definition) is 0. The highest BCUT2D eigenvalue weighted by molar-refractivity contribution is 5.79. The highest BCUT2D eigenvalue weighted by Crippen LogP contribution is 2.41. The van der Waals surface area contributed by atoms with Crippen LogP contribution in [0.3, 0.4) is 0 Å². The van der Waals surface area contributed by atoms with Crippen LogP contribution in [0.25, 0.3) is 0 Å². The van der Waals surface area contributed by atoms with E-state index in [2.05, 4.69) is 148 Å². The molecule has 4 nitrogen and oxygen atoms in total. The first kappa shape index (κ1) is 48.5. The fourth-order valence-corrected chi connectivity index (χ4v) is 8.92. The van der Waals surface area contributed by atoms with Crippen molar-refractivity contribution in [1.82, 2.24) is 9.80 Å². The first-order valence-electron chi connectivity index (χ1n) is 22.4. The molecule has 0 spiro atoms. The predicted octanol–water partition coefficient (Wildman–Crippen LogP) is 12.1. The lowest BCUT2D eigenvalue weighted by atomic mass is 9.67. The number of hydrogen-bond acceptors (Lipinski definition) is 4. The number of rotatable bonds is 12. The van der Waals surface area contributed by atoms with E-state index in [-0.39, 0.29) is 22.7 Å². The van der Waals surface area contributed by atoms with E-state index in [0.29, 0.717) is 23.4 Å². The van der Waals surface area contributed by atoms with E-state index in [1.54, 1.807) is 13.8 Å². The smallest absolute Gasteiger partial charge is 0.134 e. The van der Waals surface area contributed by atoms with Gasteiger partial charge in [-0.05, 0) is 111 Å². The topological polar surface area (TPSA) is 40.6 Å². The third-order valence-electron chi connectivity index (χ3n) is 13.2. The van der Waals surface area contributed by atoms with E-state index >= 15 is 0 Å². The Morgan fingerprint density at radius 2 is 0.914 bits per heavy atom. The van der Waals surface area contributed by atoms with Crippen LogP contribution in [0.4, 0.5) is 0 Å². The lowest BCUT2D eigenvalue weighted by Gasteiger charge is -2.46. The average Bonchev–Trinajstić information content (AvgIpc) is 3.22. The molecule has 6 rings (SSSR count). The summed E-state index contributed by atoms with van der Waals surface area (Å²) < 4.78 is 0. The molecule has 0 radical (unpaired) electrons. The van der Waals surface area contributed by atoms with E-state index in [0.717, 1.165) is 65.0 Å². The van der Waals surface area contributed by atoms with E-state index < -0.39 is 0 Å². The molecule has 2 fully saturated rings. The molecular weight excluding hydrogens is 709 g/mol. The van der Waals surface area contributed by atoms with Crippen LogP contribution in [-0.4, -0.2) is 60.6 Å². The molecule has 4 aromatic rings. The molecule has 0 unspecified atom stereocenters. The quantitative estimate of drug-likeness (QED) is 0.143. The van der Waals surface area contributed by atoms with Crippen molar-refractivity contribution in [3.05, 3.63) is 143 Å². The molecule has 0 aromatic heterocycles. The van der Waals surface area contributed by atoms with E-state index in [1.807, 2.05) is 39.8 Å². The molecule has 58 heavy (non-hydrogen) atoms. The molecule has 6 atom stereocenters. The van der Waals surface area contributed by atoms with Crippen molar-refractivity contribution < 1.29 is 9.59 Å². The van der Waals surface area contributed by atoms with Gasteiger partial charge in [0.25, 0.3) is 0 Å². The predicted molar refractivity (Wildman–Crippen MR) is 249 cm³/mol. The molecule has 4 heteroatoms. The first-order valence-corrected chi connectivity index (χ1v) is 22.4. The zero-order chi connectivity index (χ0) is 42.9. The Morgan fingerprint density at radius 1 is 0.569 bits per heavy atom. The Hall–Kier alpha value is -3.86. The summed E-state index contributed by atoms with van der Waals surface area (Å²) in [6.45, 7) is 31.4. The third kappa shape index (κ3) is 13.6. The minimum absolute atomic E-state index is 0.0860.